The summed E-state index contributed by atoms with van der Waals surface area (Å²) in [7, 11) is 0. The number of hydrogen-bond donors (Lipinski definition) is 6. The fourth-order valence-electron chi connectivity index (χ4n) is 0.179. The van der Waals surface area contributed by atoms with Crippen LogP contribution >= 0.6 is 0 Å². The van der Waals surface area contributed by atoms with Crippen molar-refractivity contribution in [2.24, 2.45) is 11.5 Å². The van der Waals surface area contributed by atoms with Gasteiger partial charge in [-0.05, 0) is 0 Å². The first kappa shape index (κ1) is 15.3. The van der Waals surface area contributed by atoms with E-state index in [9.17, 15) is 9.59 Å². The highest BCUT2D eigenvalue weighted by atomic mass is 16.4. The number of aliphatic hydroxyl groups is 2. The number of nitrogens with two attached hydrogens (primary N) is 2. The molecule has 2 unspecified atom stereocenters. The van der Waals surface area contributed by atoms with E-state index in [0.717, 1.165) is 0 Å². The van der Waals surface area contributed by atoms with Crippen molar-refractivity contribution in [2.45, 2.75) is 12.1 Å². The second-order valence-electron chi connectivity index (χ2n) is 2.22. The molecule has 0 aromatic carbocycles. The average molecular weight is 210 g/mol. The Labute approximate surface area is 79.7 Å². The molecule has 8 nitrogen and oxygen atoms in total. The molecule has 0 bridgehead atoms. The summed E-state index contributed by atoms with van der Waals surface area (Å²) >= 11 is 0. The zero-order chi connectivity index (χ0) is 11.7. The molecule has 0 aliphatic heterocycles. The van der Waals surface area contributed by atoms with Crippen molar-refractivity contribution in [3.05, 3.63) is 0 Å². The molecule has 8 heteroatoms. The molecule has 0 aliphatic rings. The van der Waals surface area contributed by atoms with Crippen LogP contribution in [-0.2, 0) is 9.59 Å². The van der Waals surface area contributed by atoms with Gasteiger partial charge in [0.25, 0.3) is 0 Å². The summed E-state index contributed by atoms with van der Waals surface area (Å²) in [5.74, 6) is -2.45. The van der Waals surface area contributed by atoms with Crippen LogP contribution in [-0.4, -0.2) is 57.7 Å². The van der Waals surface area contributed by atoms with Gasteiger partial charge in [-0.3, -0.25) is 4.79 Å². The third kappa shape index (κ3) is 8.87. The van der Waals surface area contributed by atoms with Crippen LogP contribution in [0.25, 0.3) is 0 Å². The lowest BCUT2D eigenvalue weighted by Crippen LogP contribution is -2.33. The highest BCUT2D eigenvalue weighted by Gasteiger charge is 2.08. The Hall–Kier alpha value is -1.22. The minimum atomic E-state index is -1.40. The quantitative estimate of drug-likeness (QED) is 0.281. The molecule has 0 aromatic heterocycles. The molecule has 0 spiro atoms. The molecule has 0 amide bonds. The Morgan fingerprint density at radius 1 is 1.21 bits per heavy atom. The van der Waals surface area contributed by atoms with Crippen molar-refractivity contribution in [3.63, 3.8) is 0 Å². The lowest BCUT2D eigenvalue weighted by atomic mass is 10.3. The Morgan fingerprint density at radius 2 is 1.64 bits per heavy atom. The molecular formula is C6H14N2O6. The first-order valence-electron chi connectivity index (χ1n) is 3.57. The van der Waals surface area contributed by atoms with Gasteiger partial charge in [0.15, 0.2) is 6.10 Å². The maximum atomic E-state index is 9.65. The third-order valence-corrected chi connectivity index (χ3v) is 1.02. The Kier molecular flexibility index (Phi) is 9.14. The fourth-order valence-corrected chi connectivity index (χ4v) is 0.179. The van der Waals surface area contributed by atoms with E-state index in [1.54, 1.807) is 0 Å². The van der Waals surface area contributed by atoms with Crippen molar-refractivity contribution < 1.29 is 30.0 Å². The van der Waals surface area contributed by atoms with Gasteiger partial charge in [-0.15, -0.1) is 0 Å². The summed E-state index contributed by atoms with van der Waals surface area (Å²) in [4.78, 5) is 19.2. The van der Waals surface area contributed by atoms with Crippen LogP contribution in [0.4, 0.5) is 0 Å². The van der Waals surface area contributed by atoms with Crippen LogP contribution in [0.3, 0.4) is 0 Å². The van der Waals surface area contributed by atoms with E-state index in [4.69, 9.17) is 31.9 Å². The van der Waals surface area contributed by atoms with Crippen LogP contribution < -0.4 is 11.5 Å². The molecule has 0 aliphatic carbocycles. The Morgan fingerprint density at radius 3 is 1.64 bits per heavy atom. The lowest BCUT2D eigenvalue weighted by molar-refractivity contribution is -0.146. The van der Waals surface area contributed by atoms with Gasteiger partial charge in [0.05, 0.1) is 6.61 Å². The highest BCUT2D eigenvalue weighted by molar-refractivity contribution is 5.73. The van der Waals surface area contributed by atoms with Crippen molar-refractivity contribution in [1.29, 1.82) is 0 Å². The fraction of sp³-hybridized carbons (Fsp3) is 0.667. The molecule has 84 valence electrons. The summed E-state index contributed by atoms with van der Waals surface area (Å²) < 4.78 is 0. The highest BCUT2D eigenvalue weighted by Crippen LogP contribution is 1.73. The number of hydrogen-bond acceptors (Lipinski definition) is 6. The second-order valence-corrected chi connectivity index (χ2v) is 2.22. The van der Waals surface area contributed by atoms with E-state index in [2.05, 4.69) is 0 Å². The zero-order valence-electron chi connectivity index (χ0n) is 7.33. The lowest BCUT2D eigenvalue weighted by Gasteiger charge is -1.96. The van der Waals surface area contributed by atoms with Gasteiger partial charge in [-0.1, -0.05) is 0 Å². The largest absolute Gasteiger partial charge is 0.480 e. The molecule has 0 aromatic rings. The van der Waals surface area contributed by atoms with Crippen LogP contribution in [0.15, 0.2) is 0 Å². The van der Waals surface area contributed by atoms with Gasteiger partial charge in [0.2, 0.25) is 0 Å². The number of aliphatic hydroxyl groups excluding tert-OH is 2. The monoisotopic (exact) mass is 210 g/mol. The molecular weight excluding hydrogens is 196 g/mol. The molecule has 0 fully saturated rings. The van der Waals surface area contributed by atoms with Crippen LogP contribution in [0.5, 0.6) is 0 Å². The molecule has 14 heavy (non-hydrogen) atoms. The summed E-state index contributed by atoms with van der Waals surface area (Å²) in [5, 5.41) is 32.0. The summed E-state index contributed by atoms with van der Waals surface area (Å²) in [5.41, 5.74) is 9.51. The molecule has 0 heterocycles. The van der Waals surface area contributed by atoms with Crippen molar-refractivity contribution >= 4 is 11.9 Å². The van der Waals surface area contributed by atoms with Gasteiger partial charge in [-0.25, -0.2) is 4.79 Å². The van der Waals surface area contributed by atoms with Gasteiger partial charge >= 0.3 is 11.9 Å². The van der Waals surface area contributed by atoms with E-state index < -0.39 is 30.7 Å². The zero-order valence-corrected chi connectivity index (χ0v) is 7.33. The molecule has 8 N–H and O–H groups in total. The topological polar surface area (TPSA) is 167 Å². The third-order valence-electron chi connectivity index (χ3n) is 1.02. The van der Waals surface area contributed by atoms with E-state index >= 15 is 0 Å². The van der Waals surface area contributed by atoms with E-state index in [1.807, 2.05) is 0 Å². The van der Waals surface area contributed by atoms with Crippen LogP contribution in [0.1, 0.15) is 0 Å². The van der Waals surface area contributed by atoms with E-state index in [1.165, 1.54) is 0 Å². The van der Waals surface area contributed by atoms with Crippen molar-refractivity contribution in [2.75, 3.05) is 13.2 Å². The number of rotatable bonds is 4. The minimum Gasteiger partial charge on any atom is -0.480 e. The summed E-state index contributed by atoms with van der Waals surface area (Å²) in [6, 6.07) is -1.13. The molecule has 2 atom stereocenters. The maximum Gasteiger partial charge on any atom is 0.333 e. The Balaban J connectivity index is 0. The number of aliphatic carboxylic acids is 2. The minimum absolute atomic E-state index is 0.227. The van der Waals surface area contributed by atoms with Crippen molar-refractivity contribution in [1.82, 2.24) is 0 Å². The predicted molar refractivity (Wildman–Crippen MR) is 45.4 cm³/mol. The molecule has 0 saturated heterocycles. The Bertz CT molecular complexity index is 165. The van der Waals surface area contributed by atoms with E-state index in [0.29, 0.717) is 0 Å². The number of carbonyl (C=O) groups is 2. The predicted octanol–water partition coefficient (Wildman–Crippen LogP) is -3.22. The van der Waals surface area contributed by atoms with Gasteiger partial charge < -0.3 is 31.9 Å². The number of carboxylic acids is 2. The standard InChI is InChI=1S/2C3H7NO3/c4-2(1-5)3(6)7;4-1-2(5)3(6)7/h2*2,5H,1,4H2,(H,6,7). The van der Waals surface area contributed by atoms with E-state index in [-0.39, 0.29) is 6.54 Å². The van der Waals surface area contributed by atoms with Crippen LogP contribution in [0, 0.1) is 0 Å². The first-order chi connectivity index (χ1) is 6.36. The maximum absolute atomic E-state index is 9.65. The summed E-state index contributed by atoms with van der Waals surface area (Å²) in [6.45, 7) is -0.731. The van der Waals surface area contributed by atoms with Gasteiger partial charge in [-0.2, -0.15) is 0 Å². The molecule has 0 rings (SSSR count). The normalized spacial score (nSPS) is 13.4. The van der Waals surface area contributed by atoms with Gasteiger partial charge in [0.1, 0.15) is 6.04 Å². The van der Waals surface area contributed by atoms with Crippen molar-refractivity contribution in [3.8, 4) is 0 Å². The molecule has 0 saturated carbocycles. The van der Waals surface area contributed by atoms with Gasteiger partial charge in [0, 0.05) is 6.54 Å². The first-order valence-corrected chi connectivity index (χ1v) is 3.57. The second kappa shape index (κ2) is 8.38. The molecule has 0 radical (unpaired) electrons. The number of carboxylic acid groups (broad SMARTS) is 2. The van der Waals surface area contributed by atoms with Crippen LogP contribution in [0.2, 0.25) is 0 Å². The SMILES string of the molecule is NC(CO)C(=O)O.NCC(O)C(=O)O. The smallest absolute Gasteiger partial charge is 0.333 e. The average Bonchev–Trinajstić information content (AvgIpc) is 2.15. The summed E-state index contributed by atoms with van der Waals surface area (Å²) in [6.07, 6.45) is -1.40.